The van der Waals surface area contributed by atoms with Gasteiger partial charge in [-0.15, -0.1) is 11.3 Å². The summed E-state index contributed by atoms with van der Waals surface area (Å²) in [5, 5.41) is 10.9. The Morgan fingerprint density at radius 3 is 2.67 bits per heavy atom. The summed E-state index contributed by atoms with van der Waals surface area (Å²) in [6.45, 7) is 2.12. The lowest BCUT2D eigenvalue weighted by Gasteiger charge is -2.30. The zero-order valence-electron chi connectivity index (χ0n) is 21.5. The maximum Gasteiger partial charge on any atom is 0.411 e. The van der Waals surface area contributed by atoms with Crippen LogP contribution in [0.5, 0.6) is 23.3 Å². The molecule has 0 fully saturated rings. The normalized spacial score (nSPS) is 14.3. The maximum absolute atomic E-state index is 12.0. The number of nitrogens with zero attached hydrogens (tertiary/aromatic N) is 5. The van der Waals surface area contributed by atoms with Gasteiger partial charge in [0.25, 0.3) is 0 Å². The second-order valence-electron chi connectivity index (χ2n) is 8.98. The number of amides is 1. The van der Waals surface area contributed by atoms with Gasteiger partial charge in [-0.2, -0.15) is 0 Å². The van der Waals surface area contributed by atoms with Crippen molar-refractivity contribution in [2.45, 2.75) is 13.0 Å². The molecule has 0 aliphatic carbocycles. The number of rotatable bonds is 6. The number of carboxylic acid groups (broad SMARTS) is 1. The molecule has 6 rings (SSSR count). The smallest absolute Gasteiger partial charge is 0.411 e. The summed E-state index contributed by atoms with van der Waals surface area (Å²) in [7, 11) is 3.04. The highest BCUT2D eigenvalue weighted by atomic mass is 35.5. The van der Waals surface area contributed by atoms with Crippen molar-refractivity contribution in [3.8, 4) is 33.8 Å². The van der Waals surface area contributed by atoms with Crippen molar-refractivity contribution >= 4 is 56.0 Å². The van der Waals surface area contributed by atoms with E-state index in [0.29, 0.717) is 55.5 Å². The summed E-state index contributed by atoms with van der Waals surface area (Å²) < 4.78 is 23.3. The van der Waals surface area contributed by atoms with Gasteiger partial charge in [0.05, 0.1) is 54.9 Å². The molecule has 1 amide bonds. The Balaban J connectivity index is 1.33. The molecule has 4 heterocycles. The van der Waals surface area contributed by atoms with Gasteiger partial charge in [0.1, 0.15) is 21.8 Å². The third-order valence-electron chi connectivity index (χ3n) is 6.32. The number of carbonyl (C=O) groups is 1. The minimum atomic E-state index is -1.15. The number of benzene rings is 2. The molecule has 5 aromatic rings. The molecular formula is C27H22ClN5O6S. The molecule has 1 unspecified atom stereocenters. The van der Waals surface area contributed by atoms with Gasteiger partial charge in [0.15, 0.2) is 17.6 Å². The van der Waals surface area contributed by atoms with Crippen LogP contribution in [0.1, 0.15) is 5.56 Å². The predicted octanol–water partition coefficient (Wildman–Crippen LogP) is 5.60. The number of thiazole rings is 1. The molecule has 1 aliphatic heterocycles. The van der Waals surface area contributed by atoms with E-state index in [4.69, 9.17) is 35.5 Å². The molecule has 1 aliphatic rings. The summed E-state index contributed by atoms with van der Waals surface area (Å²) in [4.78, 5) is 31.2. The van der Waals surface area contributed by atoms with Crippen LogP contribution in [0, 0.1) is 6.92 Å². The Hall–Kier alpha value is -4.42. The first-order valence-corrected chi connectivity index (χ1v) is 13.3. The van der Waals surface area contributed by atoms with E-state index in [0.717, 1.165) is 20.7 Å². The molecule has 1 N–H and O–H groups in total. The van der Waals surface area contributed by atoms with Gasteiger partial charge in [-0.1, -0.05) is 11.6 Å². The predicted molar refractivity (Wildman–Crippen MR) is 151 cm³/mol. The van der Waals surface area contributed by atoms with E-state index in [1.54, 1.807) is 31.5 Å². The summed E-state index contributed by atoms with van der Waals surface area (Å²) in [6, 6.07) is 8.80. The molecule has 0 saturated heterocycles. The number of aryl methyl sites for hydroxylation is 1. The van der Waals surface area contributed by atoms with Crippen LogP contribution < -0.4 is 23.8 Å². The first-order valence-electron chi connectivity index (χ1n) is 12.1. The number of ether oxygens (including phenoxy) is 4. The molecule has 40 heavy (non-hydrogen) atoms. The first-order chi connectivity index (χ1) is 19.3. The van der Waals surface area contributed by atoms with E-state index in [1.165, 1.54) is 24.6 Å². The number of pyridine rings is 1. The number of halogens is 1. The zero-order valence-corrected chi connectivity index (χ0v) is 23.1. The average Bonchev–Trinajstić information content (AvgIpc) is 3.41. The highest BCUT2D eigenvalue weighted by Gasteiger charge is 2.30. The molecule has 2 aromatic carbocycles. The molecule has 0 radical (unpaired) electrons. The fraction of sp³-hybridized carbons (Fsp3) is 0.222. The van der Waals surface area contributed by atoms with E-state index < -0.39 is 12.2 Å². The topological polar surface area (TPSA) is 129 Å². The molecule has 0 saturated carbocycles. The number of anilines is 1. The SMILES string of the molecule is COc1ccc(N(CC2COc3c(cc(Cl)c4nc(-c5cc(C)cc6nc(OC)cnc56)sc34)O2)C(=O)O)cn1. The second kappa shape index (κ2) is 10.3. The molecule has 204 valence electrons. The number of fused-ring (bicyclic) bond motifs is 4. The summed E-state index contributed by atoms with van der Waals surface area (Å²) in [5.74, 6) is 1.74. The van der Waals surface area contributed by atoms with E-state index in [1.807, 2.05) is 19.1 Å². The average molecular weight is 580 g/mol. The lowest BCUT2D eigenvalue weighted by Crippen LogP contribution is -2.43. The Labute approximate surface area is 236 Å². The zero-order chi connectivity index (χ0) is 28.0. The fourth-order valence-electron chi connectivity index (χ4n) is 4.48. The van der Waals surface area contributed by atoms with Crippen molar-refractivity contribution in [3.05, 3.63) is 53.3 Å². The Morgan fingerprint density at radius 2 is 1.95 bits per heavy atom. The highest BCUT2D eigenvalue weighted by molar-refractivity contribution is 7.22. The molecule has 13 heteroatoms. The second-order valence-corrected chi connectivity index (χ2v) is 10.4. The van der Waals surface area contributed by atoms with Crippen LogP contribution >= 0.6 is 22.9 Å². The van der Waals surface area contributed by atoms with Crippen LogP contribution in [0.4, 0.5) is 10.5 Å². The van der Waals surface area contributed by atoms with Gasteiger partial charge in [-0.3, -0.25) is 4.90 Å². The van der Waals surface area contributed by atoms with E-state index >= 15 is 0 Å². The van der Waals surface area contributed by atoms with Crippen molar-refractivity contribution in [2.24, 2.45) is 0 Å². The van der Waals surface area contributed by atoms with Crippen LogP contribution in [0.2, 0.25) is 5.02 Å². The maximum atomic E-state index is 12.0. The Morgan fingerprint density at radius 1 is 1.12 bits per heavy atom. The summed E-state index contributed by atoms with van der Waals surface area (Å²) in [5.41, 5.74) is 4.16. The van der Waals surface area contributed by atoms with Gasteiger partial charge in [-0.25, -0.2) is 24.7 Å². The van der Waals surface area contributed by atoms with Crippen molar-refractivity contribution in [1.82, 2.24) is 19.9 Å². The number of hydrogen-bond donors (Lipinski definition) is 1. The van der Waals surface area contributed by atoms with Crippen LogP contribution in [-0.4, -0.2) is 64.6 Å². The Kier molecular flexibility index (Phi) is 6.64. The number of methoxy groups -OCH3 is 2. The quantitative estimate of drug-likeness (QED) is 0.271. The van der Waals surface area contributed by atoms with Gasteiger partial charge >= 0.3 is 6.09 Å². The van der Waals surface area contributed by atoms with Crippen molar-refractivity contribution in [2.75, 3.05) is 32.3 Å². The number of hydrogen-bond acceptors (Lipinski definition) is 10. The van der Waals surface area contributed by atoms with Gasteiger partial charge in [0, 0.05) is 17.7 Å². The highest BCUT2D eigenvalue weighted by Crippen LogP contribution is 2.47. The minimum Gasteiger partial charge on any atom is -0.484 e. The third-order valence-corrected chi connectivity index (χ3v) is 7.69. The lowest BCUT2D eigenvalue weighted by molar-refractivity contribution is 0.0962. The summed E-state index contributed by atoms with van der Waals surface area (Å²) >= 11 is 8.06. The van der Waals surface area contributed by atoms with Gasteiger partial charge in [-0.05, 0) is 30.7 Å². The van der Waals surface area contributed by atoms with Gasteiger partial charge < -0.3 is 24.1 Å². The van der Waals surface area contributed by atoms with Crippen molar-refractivity contribution in [1.29, 1.82) is 0 Å². The molecule has 11 nitrogen and oxygen atoms in total. The molecule has 3 aromatic heterocycles. The molecule has 0 spiro atoms. The first kappa shape index (κ1) is 25.8. The van der Waals surface area contributed by atoms with Crippen LogP contribution in [0.15, 0.2) is 42.7 Å². The van der Waals surface area contributed by atoms with Crippen LogP contribution in [-0.2, 0) is 0 Å². The Bertz CT molecular complexity index is 1760. The van der Waals surface area contributed by atoms with E-state index in [-0.39, 0.29) is 13.2 Å². The van der Waals surface area contributed by atoms with Crippen LogP contribution in [0.3, 0.4) is 0 Å². The fourth-order valence-corrected chi connectivity index (χ4v) is 5.87. The van der Waals surface area contributed by atoms with Crippen molar-refractivity contribution in [3.63, 3.8) is 0 Å². The van der Waals surface area contributed by atoms with Crippen molar-refractivity contribution < 1.29 is 28.8 Å². The minimum absolute atomic E-state index is 0.0177. The standard InChI is InChI=1S/C27H22ClN5O6S/c1-13-6-16(22-18(7-13)31-21(37-3)10-30-22)26-32-23-17(28)8-19-24(25(23)40-26)38-12-15(39-19)11-33(27(34)35)14-4-5-20(36-2)29-9-14/h4-10,15H,11-12H2,1-3H3,(H,34,35). The molecular weight excluding hydrogens is 558 g/mol. The van der Waals surface area contributed by atoms with Gasteiger partial charge in [0.2, 0.25) is 11.8 Å². The van der Waals surface area contributed by atoms with E-state index in [9.17, 15) is 9.90 Å². The largest absolute Gasteiger partial charge is 0.484 e. The summed E-state index contributed by atoms with van der Waals surface area (Å²) in [6.07, 6.45) is 1.27. The lowest BCUT2D eigenvalue weighted by atomic mass is 10.1. The van der Waals surface area contributed by atoms with Crippen LogP contribution in [0.25, 0.3) is 31.8 Å². The number of aromatic nitrogens is 4. The molecule has 1 atom stereocenters. The monoisotopic (exact) mass is 579 g/mol. The van der Waals surface area contributed by atoms with E-state index in [2.05, 4.69) is 15.0 Å². The molecule has 0 bridgehead atoms. The third kappa shape index (κ3) is 4.65.